The van der Waals surface area contributed by atoms with Gasteiger partial charge in [0.15, 0.2) is 5.84 Å². The first-order valence-corrected chi connectivity index (χ1v) is 12.1. The summed E-state index contributed by atoms with van der Waals surface area (Å²) in [6.45, 7) is 4.11. The van der Waals surface area contributed by atoms with E-state index in [1.165, 1.54) is 4.68 Å². The molecule has 32 heavy (non-hydrogen) atoms. The number of rotatable bonds is 6. The summed E-state index contributed by atoms with van der Waals surface area (Å²) in [6, 6.07) is 13.6. The van der Waals surface area contributed by atoms with Crippen molar-refractivity contribution in [2.24, 2.45) is 9.50 Å². The Bertz CT molecular complexity index is 1290. The second-order valence-electron chi connectivity index (χ2n) is 7.60. The molecule has 1 aromatic heterocycles. The third kappa shape index (κ3) is 3.90. The van der Waals surface area contributed by atoms with Gasteiger partial charge in [-0.05, 0) is 37.1 Å². The van der Waals surface area contributed by atoms with E-state index in [-0.39, 0.29) is 22.0 Å². The van der Waals surface area contributed by atoms with Crippen LogP contribution in [0, 0.1) is 0 Å². The Morgan fingerprint density at radius 3 is 2.44 bits per heavy atom. The van der Waals surface area contributed by atoms with E-state index in [0.717, 1.165) is 31.4 Å². The van der Waals surface area contributed by atoms with Crippen molar-refractivity contribution in [3.05, 3.63) is 64.4 Å². The van der Waals surface area contributed by atoms with Crippen LogP contribution in [0.25, 0.3) is 10.9 Å². The smallest absolute Gasteiger partial charge is 0.286 e. The van der Waals surface area contributed by atoms with Crippen LogP contribution in [-0.4, -0.2) is 30.4 Å². The molecule has 9 heteroatoms. The largest absolute Gasteiger partial charge is 0.506 e. The predicted octanol–water partition coefficient (Wildman–Crippen LogP) is 5.41. The molecule has 3 aromatic rings. The number of nitrogens with zero attached hydrogens (tertiary/aromatic N) is 3. The summed E-state index contributed by atoms with van der Waals surface area (Å²) >= 11 is 0. The molecule has 2 heterocycles. The Labute approximate surface area is 187 Å². The van der Waals surface area contributed by atoms with E-state index in [0.29, 0.717) is 16.6 Å². The van der Waals surface area contributed by atoms with Gasteiger partial charge in [-0.1, -0.05) is 61.7 Å². The molecule has 8 nitrogen and oxygen atoms in total. The van der Waals surface area contributed by atoms with Gasteiger partial charge in [0.2, 0.25) is 0 Å². The average molecular weight is 455 g/mol. The van der Waals surface area contributed by atoms with Gasteiger partial charge >= 0.3 is 0 Å². The minimum atomic E-state index is -3.55. The van der Waals surface area contributed by atoms with Gasteiger partial charge in [0.1, 0.15) is 16.2 Å². The van der Waals surface area contributed by atoms with E-state index in [1.807, 2.05) is 0 Å². The maximum absolute atomic E-state index is 13.6. The van der Waals surface area contributed by atoms with E-state index >= 15 is 0 Å². The van der Waals surface area contributed by atoms with Gasteiger partial charge in [-0.15, -0.1) is 4.40 Å². The Kier molecular flexibility index (Phi) is 6.05. The standard InChI is InChI=1S/C23H26N4O4S/c1-3-9-15(10-4-2)25-27-18-13-7-5-11-16(18)21(28)20(23(27)29)22-24-17-12-6-8-14-19(17)32(30,31)26-22/h5-8,11-14,28,30-31H,3-4,9-10H2,1-2H3,(H,24,26). The summed E-state index contributed by atoms with van der Waals surface area (Å²) < 4.78 is 26.5. The van der Waals surface area contributed by atoms with Crippen molar-refractivity contribution >= 4 is 38.9 Å². The van der Waals surface area contributed by atoms with Crippen LogP contribution < -0.4 is 10.9 Å². The molecule has 0 spiro atoms. The minimum absolute atomic E-state index is 0.103. The van der Waals surface area contributed by atoms with Crippen molar-refractivity contribution in [3.63, 3.8) is 0 Å². The van der Waals surface area contributed by atoms with Gasteiger partial charge in [0, 0.05) is 11.1 Å². The summed E-state index contributed by atoms with van der Waals surface area (Å²) in [7, 11) is -3.55. The molecule has 0 atom stereocenters. The molecule has 0 fully saturated rings. The molecule has 0 amide bonds. The third-order valence-corrected chi connectivity index (χ3v) is 6.62. The number of hydrogen-bond acceptors (Lipinski definition) is 7. The highest BCUT2D eigenvalue weighted by Crippen LogP contribution is 2.55. The van der Waals surface area contributed by atoms with Gasteiger partial charge in [0.25, 0.3) is 5.56 Å². The average Bonchev–Trinajstić information content (AvgIpc) is 2.76. The van der Waals surface area contributed by atoms with Crippen LogP contribution in [0.4, 0.5) is 5.69 Å². The summed E-state index contributed by atoms with van der Waals surface area (Å²) in [6.07, 6.45) is 3.28. The van der Waals surface area contributed by atoms with Crippen molar-refractivity contribution in [2.45, 2.75) is 44.4 Å². The highest BCUT2D eigenvalue weighted by atomic mass is 32.3. The van der Waals surface area contributed by atoms with Crippen LogP contribution >= 0.6 is 10.8 Å². The zero-order valence-electron chi connectivity index (χ0n) is 17.9. The van der Waals surface area contributed by atoms with Crippen molar-refractivity contribution in [1.29, 1.82) is 0 Å². The highest BCUT2D eigenvalue weighted by Gasteiger charge is 2.30. The fourth-order valence-corrected chi connectivity index (χ4v) is 4.97. The number of pyridine rings is 1. The number of amidine groups is 1. The molecule has 2 aromatic carbocycles. The number of aromatic hydroxyl groups is 1. The fourth-order valence-electron chi connectivity index (χ4n) is 3.81. The molecule has 0 radical (unpaired) electrons. The predicted molar refractivity (Wildman–Crippen MR) is 130 cm³/mol. The van der Waals surface area contributed by atoms with Crippen molar-refractivity contribution < 1.29 is 14.2 Å². The lowest BCUT2D eigenvalue weighted by molar-refractivity contribution is 0.478. The minimum Gasteiger partial charge on any atom is -0.506 e. The monoisotopic (exact) mass is 454 g/mol. The zero-order valence-corrected chi connectivity index (χ0v) is 18.8. The lowest BCUT2D eigenvalue weighted by Crippen LogP contribution is -2.31. The highest BCUT2D eigenvalue weighted by molar-refractivity contribution is 8.23. The number of para-hydroxylation sites is 2. The first-order chi connectivity index (χ1) is 15.4. The quantitative estimate of drug-likeness (QED) is 0.371. The molecular formula is C23H26N4O4S. The van der Waals surface area contributed by atoms with Crippen LogP contribution in [0.2, 0.25) is 0 Å². The van der Waals surface area contributed by atoms with Crippen molar-refractivity contribution in [1.82, 2.24) is 4.68 Å². The molecule has 0 saturated carbocycles. The van der Waals surface area contributed by atoms with Gasteiger partial charge in [-0.25, -0.2) is 0 Å². The Hall–Kier alpha value is -3.14. The van der Waals surface area contributed by atoms with E-state index in [9.17, 15) is 19.0 Å². The second kappa shape index (κ2) is 8.78. The summed E-state index contributed by atoms with van der Waals surface area (Å²) in [5.41, 5.74) is 1.01. The van der Waals surface area contributed by atoms with Crippen molar-refractivity contribution in [2.75, 3.05) is 5.32 Å². The SMILES string of the molecule is CCCC(CCC)=Nn1c(=O)c(C2=NS(O)(O)c3ccccc3N2)c(O)c2ccccc21. The van der Waals surface area contributed by atoms with Crippen molar-refractivity contribution in [3.8, 4) is 5.75 Å². The Morgan fingerprint density at radius 2 is 1.72 bits per heavy atom. The maximum Gasteiger partial charge on any atom is 0.286 e. The Morgan fingerprint density at radius 1 is 1.06 bits per heavy atom. The van der Waals surface area contributed by atoms with Gasteiger partial charge < -0.3 is 10.4 Å². The van der Waals surface area contributed by atoms with Crippen LogP contribution in [0.15, 0.2) is 67.7 Å². The van der Waals surface area contributed by atoms with Crippen LogP contribution in [0.1, 0.15) is 45.1 Å². The Balaban J connectivity index is 1.99. The lowest BCUT2D eigenvalue weighted by Gasteiger charge is -2.34. The molecule has 4 rings (SSSR count). The molecule has 168 valence electrons. The first kappa shape index (κ1) is 22.1. The first-order valence-electron chi connectivity index (χ1n) is 10.6. The van der Waals surface area contributed by atoms with Crippen LogP contribution in [0.5, 0.6) is 5.75 Å². The zero-order chi connectivity index (χ0) is 22.9. The molecule has 0 unspecified atom stereocenters. The van der Waals surface area contributed by atoms with Crippen LogP contribution in [0.3, 0.4) is 0 Å². The van der Waals surface area contributed by atoms with Gasteiger partial charge in [0.05, 0.1) is 11.2 Å². The number of hydrogen-bond donors (Lipinski definition) is 4. The molecule has 1 aliphatic rings. The van der Waals surface area contributed by atoms with Gasteiger partial charge in [-0.2, -0.15) is 9.78 Å². The molecule has 0 aliphatic carbocycles. The molecule has 0 saturated heterocycles. The number of fused-ring (bicyclic) bond motifs is 2. The fraction of sp³-hybridized carbons (Fsp3) is 0.261. The van der Waals surface area contributed by atoms with E-state index in [4.69, 9.17) is 0 Å². The number of benzene rings is 2. The maximum atomic E-state index is 13.6. The molecule has 4 N–H and O–H groups in total. The molecular weight excluding hydrogens is 428 g/mol. The summed E-state index contributed by atoms with van der Waals surface area (Å²) in [5, 5.41) is 19.1. The summed E-state index contributed by atoms with van der Waals surface area (Å²) in [5.74, 6) is -0.390. The number of nitrogens with one attached hydrogen (secondary N) is 1. The van der Waals surface area contributed by atoms with E-state index < -0.39 is 16.3 Å². The van der Waals surface area contributed by atoms with Gasteiger partial charge in [-0.3, -0.25) is 13.9 Å². The van der Waals surface area contributed by atoms with E-state index in [2.05, 4.69) is 28.7 Å². The molecule has 1 aliphatic heterocycles. The third-order valence-electron chi connectivity index (χ3n) is 5.24. The van der Waals surface area contributed by atoms with E-state index in [1.54, 1.807) is 48.5 Å². The lowest BCUT2D eigenvalue weighted by atomic mass is 10.1. The summed E-state index contributed by atoms with van der Waals surface area (Å²) in [4.78, 5) is 13.8. The normalized spacial score (nSPS) is 15.4. The molecule has 0 bridgehead atoms. The number of aromatic nitrogens is 1. The second-order valence-corrected chi connectivity index (χ2v) is 9.26. The number of anilines is 1. The van der Waals surface area contributed by atoms with Crippen LogP contribution in [-0.2, 0) is 0 Å². The topological polar surface area (TPSA) is 119 Å².